The maximum Gasteiger partial charge on any atom is 0.237 e. The van der Waals surface area contributed by atoms with E-state index in [0.717, 1.165) is 4.90 Å². The number of halogens is 1. The molecule has 0 unspecified atom stereocenters. The zero-order valence-corrected chi connectivity index (χ0v) is 14.7. The highest BCUT2D eigenvalue weighted by Gasteiger charge is 2.15. The van der Waals surface area contributed by atoms with Crippen molar-refractivity contribution in [1.29, 1.82) is 0 Å². The summed E-state index contributed by atoms with van der Waals surface area (Å²) in [5.41, 5.74) is 0.663. The van der Waals surface area contributed by atoms with Crippen molar-refractivity contribution < 1.29 is 14.3 Å². The SMILES string of the molecule is COc1ccc(NC(=O)[C@@H](C)Sc2ccc(Cl)cc2)cc1OC. The fourth-order valence-corrected chi connectivity index (χ4v) is 2.92. The molecule has 0 aliphatic heterocycles. The van der Waals surface area contributed by atoms with Crippen LogP contribution >= 0.6 is 23.4 Å². The van der Waals surface area contributed by atoms with Crippen molar-refractivity contribution in [3.63, 3.8) is 0 Å². The van der Waals surface area contributed by atoms with Crippen LogP contribution in [0.25, 0.3) is 0 Å². The first-order valence-corrected chi connectivity index (χ1v) is 8.24. The molecular formula is C17H18ClNO3S. The van der Waals surface area contributed by atoms with E-state index >= 15 is 0 Å². The first kappa shape index (κ1) is 17.5. The Morgan fingerprint density at radius 3 is 2.35 bits per heavy atom. The molecule has 0 saturated heterocycles. The van der Waals surface area contributed by atoms with Crippen LogP contribution < -0.4 is 14.8 Å². The molecule has 0 aromatic heterocycles. The minimum atomic E-state index is -0.246. The Hall–Kier alpha value is -1.85. The molecule has 0 bridgehead atoms. The molecule has 1 amide bonds. The van der Waals surface area contributed by atoms with Crippen LogP contribution in [0, 0.1) is 0 Å². The second-order valence-corrected chi connectivity index (χ2v) is 6.62. The van der Waals surface area contributed by atoms with Crippen LogP contribution in [0.5, 0.6) is 11.5 Å². The van der Waals surface area contributed by atoms with Crippen LogP contribution in [0.4, 0.5) is 5.69 Å². The standard InChI is InChI=1S/C17H18ClNO3S/c1-11(23-14-7-4-12(18)5-8-14)17(20)19-13-6-9-15(21-2)16(10-13)22-3/h4-11H,1-3H3,(H,19,20)/t11-/m1/s1. The Bertz CT molecular complexity index is 676. The quantitative estimate of drug-likeness (QED) is 0.780. The summed E-state index contributed by atoms with van der Waals surface area (Å²) in [4.78, 5) is 13.3. The van der Waals surface area contributed by atoms with E-state index in [1.165, 1.54) is 11.8 Å². The van der Waals surface area contributed by atoms with E-state index in [1.807, 2.05) is 31.2 Å². The van der Waals surface area contributed by atoms with E-state index in [2.05, 4.69) is 5.32 Å². The minimum Gasteiger partial charge on any atom is -0.493 e. The van der Waals surface area contributed by atoms with Gasteiger partial charge in [-0.25, -0.2) is 0 Å². The van der Waals surface area contributed by atoms with Gasteiger partial charge in [-0.05, 0) is 43.3 Å². The number of methoxy groups -OCH3 is 2. The Balaban J connectivity index is 2.01. The van der Waals surface area contributed by atoms with E-state index in [0.29, 0.717) is 22.2 Å². The first-order chi connectivity index (χ1) is 11.0. The molecule has 122 valence electrons. The smallest absolute Gasteiger partial charge is 0.237 e. The van der Waals surface area contributed by atoms with Crippen molar-refractivity contribution in [2.75, 3.05) is 19.5 Å². The Morgan fingerprint density at radius 2 is 1.74 bits per heavy atom. The van der Waals surface area contributed by atoms with E-state index in [9.17, 15) is 4.79 Å². The summed E-state index contributed by atoms with van der Waals surface area (Å²) < 4.78 is 10.4. The summed E-state index contributed by atoms with van der Waals surface area (Å²) in [6.07, 6.45) is 0. The highest BCUT2D eigenvalue weighted by molar-refractivity contribution is 8.00. The lowest BCUT2D eigenvalue weighted by atomic mass is 10.2. The van der Waals surface area contributed by atoms with Crippen molar-refractivity contribution in [2.45, 2.75) is 17.1 Å². The summed E-state index contributed by atoms with van der Waals surface area (Å²) in [5.74, 6) is 1.11. The number of hydrogen-bond acceptors (Lipinski definition) is 4. The predicted molar refractivity (Wildman–Crippen MR) is 94.9 cm³/mol. The van der Waals surface area contributed by atoms with Crippen LogP contribution in [0.2, 0.25) is 5.02 Å². The van der Waals surface area contributed by atoms with Crippen LogP contribution in [-0.4, -0.2) is 25.4 Å². The monoisotopic (exact) mass is 351 g/mol. The molecule has 1 atom stereocenters. The van der Waals surface area contributed by atoms with E-state index < -0.39 is 0 Å². The molecule has 0 heterocycles. The maximum atomic E-state index is 12.3. The van der Waals surface area contributed by atoms with Gasteiger partial charge in [-0.2, -0.15) is 0 Å². The van der Waals surface area contributed by atoms with Gasteiger partial charge in [-0.1, -0.05) is 11.6 Å². The van der Waals surface area contributed by atoms with Gasteiger partial charge in [0.1, 0.15) is 0 Å². The highest BCUT2D eigenvalue weighted by Crippen LogP contribution is 2.30. The van der Waals surface area contributed by atoms with Gasteiger partial charge in [0.25, 0.3) is 0 Å². The average Bonchev–Trinajstić information content (AvgIpc) is 2.56. The third kappa shape index (κ3) is 4.81. The summed E-state index contributed by atoms with van der Waals surface area (Å²) in [5, 5.41) is 3.31. The molecule has 2 rings (SSSR count). The molecule has 2 aromatic carbocycles. The normalized spacial score (nSPS) is 11.7. The second kappa shape index (κ2) is 8.13. The molecular weight excluding hydrogens is 334 g/mol. The number of amides is 1. The average molecular weight is 352 g/mol. The molecule has 6 heteroatoms. The Labute approximate surface area is 145 Å². The van der Waals surface area contributed by atoms with Gasteiger partial charge in [0.2, 0.25) is 5.91 Å². The Kier molecular flexibility index (Phi) is 6.19. The summed E-state index contributed by atoms with van der Waals surface area (Å²) in [7, 11) is 3.13. The number of rotatable bonds is 6. The summed E-state index contributed by atoms with van der Waals surface area (Å²) in [6, 6.07) is 12.7. The Morgan fingerprint density at radius 1 is 1.09 bits per heavy atom. The van der Waals surface area contributed by atoms with E-state index in [1.54, 1.807) is 32.4 Å². The van der Waals surface area contributed by atoms with Gasteiger partial charge >= 0.3 is 0 Å². The lowest BCUT2D eigenvalue weighted by Crippen LogP contribution is -2.22. The third-order valence-electron chi connectivity index (χ3n) is 3.15. The van der Waals surface area contributed by atoms with Crippen LogP contribution in [0.1, 0.15) is 6.92 Å². The maximum absolute atomic E-state index is 12.3. The van der Waals surface area contributed by atoms with Crippen LogP contribution in [-0.2, 0) is 4.79 Å². The van der Waals surface area contributed by atoms with Crippen molar-refractivity contribution in [3.8, 4) is 11.5 Å². The molecule has 0 saturated carbocycles. The highest BCUT2D eigenvalue weighted by atomic mass is 35.5. The fourth-order valence-electron chi connectivity index (χ4n) is 1.93. The van der Waals surface area contributed by atoms with Gasteiger partial charge in [0.05, 0.1) is 19.5 Å². The number of nitrogens with one attached hydrogen (secondary N) is 1. The van der Waals surface area contributed by atoms with Gasteiger partial charge in [0.15, 0.2) is 11.5 Å². The molecule has 0 aliphatic carbocycles. The van der Waals surface area contributed by atoms with Gasteiger partial charge in [-0.3, -0.25) is 4.79 Å². The number of benzene rings is 2. The molecule has 4 nitrogen and oxygen atoms in total. The zero-order valence-electron chi connectivity index (χ0n) is 13.1. The van der Waals surface area contributed by atoms with Crippen LogP contribution in [0.15, 0.2) is 47.4 Å². The summed E-state index contributed by atoms with van der Waals surface area (Å²) in [6.45, 7) is 1.86. The lowest BCUT2D eigenvalue weighted by Gasteiger charge is -2.14. The molecule has 0 fully saturated rings. The third-order valence-corrected chi connectivity index (χ3v) is 4.51. The largest absolute Gasteiger partial charge is 0.493 e. The number of thioether (sulfide) groups is 1. The molecule has 2 aromatic rings. The van der Waals surface area contributed by atoms with Crippen LogP contribution in [0.3, 0.4) is 0 Å². The van der Waals surface area contributed by atoms with Crippen molar-refractivity contribution >= 4 is 35.0 Å². The molecule has 0 aliphatic rings. The summed E-state index contributed by atoms with van der Waals surface area (Å²) >= 11 is 7.33. The fraction of sp³-hybridized carbons (Fsp3) is 0.235. The lowest BCUT2D eigenvalue weighted by molar-refractivity contribution is -0.115. The zero-order chi connectivity index (χ0) is 16.8. The van der Waals surface area contributed by atoms with Crippen molar-refractivity contribution in [3.05, 3.63) is 47.5 Å². The number of ether oxygens (including phenoxy) is 2. The molecule has 23 heavy (non-hydrogen) atoms. The van der Waals surface area contributed by atoms with Crippen molar-refractivity contribution in [2.24, 2.45) is 0 Å². The molecule has 0 radical (unpaired) electrons. The molecule has 0 spiro atoms. The van der Waals surface area contributed by atoms with E-state index in [4.69, 9.17) is 21.1 Å². The number of hydrogen-bond donors (Lipinski definition) is 1. The topological polar surface area (TPSA) is 47.6 Å². The van der Waals surface area contributed by atoms with Gasteiger partial charge < -0.3 is 14.8 Å². The van der Waals surface area contributed by atoms with Gasteiger partial charge in [-0.15, -0.1) is 11.8 Å². The number of carbonyl (C=O) groups excluding carboxylic acids is 1. The first-order valence-electron chi connectivity index (χ1n) is 6.98. The van der Waals surface area contributed by atoms with E-state index in [-0.39, 0.29) is 11.2 Å². The second-order valence-electron chi connectivity index (χ2n) is 4.77. The predicted octanol–water partition coefficient (Wildman–Crippen LogP) is 4.48. The number of anilines is 1. The van der Waals surface area contributed by atoms with Crippen molar-refractivity contribution in [1.82, 2.24) is 0 Å². The molecule has 1 N–H and O–H groups in total. The minimum absolute atomic E-state index is 0.0860. The number of carbonyl (C=O) groups is 1. The van der Waals surface area contributed by atoms with Gasteiger partial charge in [0, 0.05) is 21.7 Å².